The van der Waals surface area contributed by atoms with Crippen LogP contribution >= 0.6 is 0 Å². The highest BCUT2D eigenvalue weighted by Gasteiger charge is 2.33. The summed E-state index contributed by atoms with van der Waals surface area (Å²) in [6, 6.07) is 4.05. The SMILES string of the molecule is Cc1noc(C)c1C1CCCN1C(=O)CN(C)Cc1ccncc1. The molecule has 2 aromatic rings. The second-order valence-corrected chi connectivity index (χ2v) is 6.51. The van der Waals surface area contributed by atoms with E-state index >= 15 is 0 Å². The molecule has 0 saturated carbocycles. The van der Waals surface area contributed by atoms with Crippen molar-refractivity contribution < 1.29 is 9.32 Å². The largest absolute Gasteiger partial charge is 0.361 e. The molecule has 6 nitrogen and oxygen atoms in total. The standard InChI is InChI=1S/C18H24N4O2/c1-13-18(14(2)24-20-13)16-5-4-10-22(16)17(23)12-21(3)11-15-6-8-19-9-7-15/h6-9,16H,4-5,10-12H2,1-3H3. The molecular weight excluding hydrogens is 304 g/mol. The molecule has 1 amide bonds. The van der Waals surface area contributed by atoms with Crippen LogP contribution in [-0.2, 0) is 11.3 Å². The van der Waals surface area contributed by atoms with Gasteiger partial charge < -0.3 is 9.42 Å². The zero-order chi connectivity index (χ0) is 17.1. The molecule has 0 radical (unpaired) electrons. The number of likely N-dealkylation sites (N-methyl/N-ethyl adjacent to an activating group) is 1. The molecule has 1 atom stereocenters. The third kappa shape index (κ3) is 3.48. The molecule has 128 valence electrons. The number of amides is 1. The van der Waals surface area contributed by atoms with E-state index in [1.165, 1.54) is 0 Å². The first-order valence-electron chi connectivity index (χ1n) is 8.36. The molecule has 1 unspecified atom stereocenters. The Morgan fingerprint density at radius 2 is 2.12 bits per heavy atom. The summed E-state index contributed by atoms with van der Waals surface area (Å²) in [5.41, 5.74) is 3.13. The summed E-state index contributed by atoms with van der Waals surface area (Å²) in [6.45, 7) is 5.81. The molecule has 0 aliphatic carbocycles. The van der Waals surface area contributed by atoms with E-state index in [1.807, 2.05) is 42.8 Å². The summed E-state index contributed by atoms with van der Waals surface area (Å²) < 4.78 is 5.29. The number of aryl methyl sites for hydroxylation is 2. The van der Waals surface area contributed by atoms with Crippen LogP contribution < -0.4 is 0 Å². The van der Waals surface area contributed by atoms with E-state index in [-0.39, 0.29) is 11.9 Å². The lowest BCUT2D eigenvalue weighted by molar-refractivity contribution is -0.133. The molecule has 1 fully saturated rings. The molecule has 0 aromatic carbocycles. The Balaban J connectivity index is 1.65. The number of hydrogen-bond acceptors (Lipinski definition) is 5. The first-order chi connectivity index (χ1) is 11.6. The van der Waals surface area contributed by atoms with E-state index in [0.29, 0.717) is 6.54 Å². The van der Waals surface area contributed by atoms with Gasteiger partial charge in [-0.3, -0.25) is 14.7 Å². The van der Waals surface area contributed by atoms with Gasteiger partial charge in [0, 0.05) is 31.0 Å². The average Bonchev–Trinajstić information content (AvgIpc) is 3.14. The molecule has 2 aromatic heterocycles. The molecule has 1 aliphatic heterocycles. The van der Waals surface area contributed by atoms with Crippen molar-refractivity contribution in [2.45, 2.75) is 39.3 Å². The van der Waals surface area contributed by atoms with Crippen molar-refractivity contribution in [2.24, 2.45) is 0 Å². The maximum absolute atomic E-state index is 12.8. The summed E-state index contributed by atoms with van der Waals surface area (Å²) in [6.07, 6.45) is 5.55. The smallest absolute Gasteiger partial charge is 0.237 e. The van der Waals surface area contributed by atoms with Gasteiger partial charge in [0.2, 0.25) is 5.91 Å². The van der Waals surface area contributed by atoms with Crippen LogP contribution in [-0.4, -0.2) is 46.0 Å². The minimum atomic E-state index is 0.0954. The van der Waals surface area contributed by atoms with Crippen molar-refractivity contribution in [1.29, 1.82) is 0 Å². The lowest BCUT2D eigenvalue weighted by Crippen LogP contribution is -2.38. The van der Waals surface area contributed by atoms with E-state index < -0.39 is 0 Å². The fourth-order valence-corrected chi connectivity index (χ4v) is 3.51. The van der Waals surface area contributed by atoms with Gasteiger partial charge in [0.05, 0.1) is 18.3 Å². The van der Waals surface area contributed by atoms with Gasteiger partial charge in [-0.15, -0.1) is 0 Å². The van der Waals surface area contributed by atoms with Crippen molar-refractivity contribution in [3.05, 3.63) is 47.1 Å². The van der Waals surface area contributed by atoms with Crippen LogP contribution in [0.4, 0.5) is 0 Å². The minimum absolute atomic E-state index is 0.0954. The Morgan fingerprint density at radius 1 is 1.38 bits per heavy atom. The van der Waals surface area contributed by atoms with Gasteiger partial charge in [-0.1, -0.05) is 5.16 Å². The van der Waals surface area contributed by atoms with Crippen LogP contribution in [0.5, 0.6) is 0 Å². The lowest BCUT2D eigenvalue weighted by atomic mass is 10.0. The van der Waals surface area contributed by atoms with Gasteiger partial charge in [-0.25, -0.2) is 0 Å². The quantitative estimate of drug-likeness (QED) is 0.844. The number of aromatic nitrogens is 2. The van der Waals surface area contributed by atoms with E-state index in [1.54, 1.807) is 12.4 Å². The number of carbonyl (C=O) groups is 1. The third-order valence-electron chi connectivity index (χ3n) is 4.60. The number of carbonyl (C=O) groups excluding carboxylic acids is 1. The van der Waals surface area contributed by atoms with Gasteiger partial charge in [0.1, 0.15) is 5.76 Å². The van der Waals surface area contributed by atoms with Crippen LogP contribution in [0.3, 0.4) is 0 Å². The van der Waals surface area contributed by atoms with Gasteiger partial charge in [0.25, 0.3) is 0 Å². The molecule has 0 spiro atoms. The summed E-state index contributed by atoms with van der Waals surface area (Å²) in [4.78, 5) is 20.8. The highest BCUT2D eigenvalue weighted by Crippen LogP contribution is 2.35. The van der Waals surface area contributed by atoms with Crippen LogP contribution in [0.2, 0.25) is 0 Å². The van der Waals surface area contributed by atoms with E-state index in [4.69, 9.17) is 4.52 Å². The van der Waals surface area contributed by atoms with Crippen LogP contribution in [0.25, 0.3) is 0 Å². The molecular formula is C18H24N4O2. The monoisotopic (exact) mass is 328 g/mol. The molecule has 6 heteroatoms. The first-order valence-corrected chi connectivity index (χ1v) is 8.36. The molecule has 1 aliphatic rings. The molecule has 0 bridgehead atoms. The third-order valence-corrected chi connectivity index (χ3v) is 4.60. The Morgan fingerprint density at radius 3 is 2.79 bits per heavy atom. The number of nitrogens with zero attached hydrogens (tertiary/aromatic N) is 4. The Bertz CT molecular complexity index is 679. The van der Waals surface area contributed by atoms with Crippen LogP contribution in [0.15, 0.2) is 29.0 Å². The number of rotatable bonds is 5. The predicted octanol–water partition coefficient (Wildman–Crippen LogP) is 2.48. The van der Waals surface area contributed by atoms with Crippen molar-refractivity contribution in [3.63, 3.8) is 0 Å². The maximum Gasteiger partial charge on any atom is 0.237 e. The number of hydrogen-bond donors (Lipinski definition) is 0. The minimum Gasteiger partial charge on any atom is -0.361 e. The molecule has 24 heavy (non-hydrogen) atoms. The second kappa shape index (κ2) is 7.13. The highest BCUT2D eigenvalue weighted by atomic mass is 16.5. The van der Waals surface area contributed by atoms with Crippen molar-refractivity contribution in [3.8, 4) is 0 Å². The van der Waals surface area contributed by atoms with Crippen LogP contribution in [0.1, 0.15) is 41.5 Å². The lowest BCUT2D eigenvalue weighted by Gasteiger charge is -2.27. The van der Waals surface area contributed by atoms with Crippen molar-refractivity contribution in [2.75, 3.05) is 20.1 Å². The van der Waals surface area contributed by atoms with E-state index in [2.05, 4.69) is 10.1 Å². The normalized spacial score (nSPS) is 17.7. The molecule has 1 saturated heterocycles. The average molecular weight is 328 g/mol. The fraction of sp³-hybridized carbons (Fsp3) is 0.500. The van der Waals surface area contributed by atoms with Crippen LogP contribution in [0, 0.1) is 13.8 Å². The zero-order valence-corrected chi connectivity index (χ0v) is 14.5. The summed E-state index contributed by atoms with van der Waals surface area (Å²) in [7, 11) is 1.97. The summed E-state index contributed by atoms with van der Waals surface area (Å²) in [5.74, 6) is 0.983. The second-order valence-electron chi connectivity index (χ2n) is 6.51. The zero-order valence-electron chi connectivity index (χ0n) is 14.5. The Kier molecular flexibility index (Phi) is 4.94. The van der Waals surface area contributed by atoms with Crippen molar-refractivity contribution >= 4 is 5.91 Å². The van der Waals surface area contributed by atoms with E-state index in [0.717, 1.165) is 48.5 Å². The highest BCUT2D eigenvalue weighted by molar-refractivity contribution is 5.79. The molecule has 0 N–H and O–H groups in total. The number of pyridine rings is 1. The topological polar surface area (TPSA) is 62.5 Å². The predicted molar refractivity (Wildman–Crippen MR) is 90.2 cm³/mol. The Labute approximate surface area is 142 Å². The van der Waals surface area contributed by atoms with Gasteiger partial charge in [-0.2, -0.15) is 0 Å². The van der Waals surface area contributed by atoms with Crippen molar-refractivity contribution in [1.82, 2.24) is 19.9 Å². The Hall–Kier alpha value is -2.21. The summed E-state index contributed by atoms with van der Waals surface area (Å²) >= 11 is 0. The molecule has 3 rings (SSSR count). The van der Waals surface area contributed by atoms with E-state index in [9.17, 15) is 4.79 Å². The van der Waals surface area contributed by atoms with Gasteiger partial charge in [-0.05, 0) is 51.4 Å². The molecule has 3 heterocycles. The van der Waals surface area contributed by atoms with Gasteiger partial charge >= 0.3 is 0 Å². The fourth-order valence-electron chi connectivity index (χ4n) is 3.51. The summed E-state index contributed by atoms with van der Waals surface area (Å²) in [5, 5.41) is 4.04. The van der Waals surface area contributed by atoms with Gasteiger partial charge in [0.15, 0.2) is 0 Å². The number of likely N-dealkylation sites (tertiary alicyclic amines) is 1. The first kappa shape index (κ1) is 16.6. The maximum atomic E-state index is 12.8.